The van der Waals surface area contributed by atoms with Gasteiger partial charge in [0.05, 0.1) is 48.7 Å². The second-order valence-electron chi connectivity index (χ2n) is 42.8. The number of carbonyl (C=O) groups excluding carboxylic acids is 10. The lowest BCUT2D eigenvalue weighted by Crippen LogP contribution is -2.62. The van der Waals surface area contributed by atoms with Gasteiger partial charge in [0.1, 0.15) is 94.9 Å². The highest BCUT2D eigenvalue weighted by atomic mass is 33.1. The van der Waals surface area contributed by atoms with E-state index in [1.165, 1.54) is 0 Å². The van der Waals surface area contributed by atoms with E-state index < -0.39 is 209 Å². The van der Waals surface area contributed by atoms with Crippen LogP contribution in [0.25, 0.3) is 11.1 Å². The molecule has 14 atom stereocenters. The first-order valence-corrected chi connectivity index (χ1v) is 52.3. The number of nitrogens with one attached hydrogen (secondary N) is 11. The highest BCUT2D eigenvalue weighted by Gasteiger charge is 2.44. The van der Waals surface area contributed by atoms with E-state index in [0.717, 1.165) is 66.1 Å². The van der Waals surface area contributed by atoms with E-state index >= 15 is 38.4 Å². The van der Waals surface area contributed by atoms with Gasteiger partial charge in [-0.05, 0) is 223 Å². The number of benzene rings is 8. The highest BCUT2D eigenvalue weighted by Crippen LogP contribution is 2.39. The molecule has 10 rings (SSSR count). The van der Waals surface area contributed by atoms with E-state index in [4.69, 9.17) is 29.4 Å². The minimum atomic E-state index is -1.88. The van der Waals surface area contributed by atoms with Gasteiger partial charge in [0.25, 0.3) is 0 Å². The lowest BCUT2D eigenvalue weighted by Gasteiger charge is -2.37. The molecule has 2 heterocycles. The van der Waals surface area contributed by atoms with Crippen LogP contribution >= 0.6 is 21.6 Å². The van der Waals surface area contributed by atoms with Crippen LogP contribution in [0.2, 0.25) is 0 Å². The fourth-order valence-corrected chi connectivity index (χ4v) is 19.7. The number of nitrogens with two attached hydrogens (primary N) is 1. The molecule has 33 heteroatoms. The number of carbonyl (C=O) groups is 10. The minimum Gasteiger partial charge on any atom is -0.488 e. The molecule has 784 valence electrons. The summed E-state index contributed by atoms with van der Waals surface area (Å²) < 4.78 is 30.4. The van der Waals surface area contributed by atoms with Crippen LogP contribution < -0.4 is 73.7 Å². The zero-order valence-corrected chi connectivity index (χ0v) is 88.7. The Morgan fingerprint density at radius 3 is 1.57 bits per heavy atom. The normalized spacial score (nSPS) is 20.1. The Bertz CT molecular complexity index is 5530. The number of amides is 8. The molecule has 0 radical (unpaired) electrons. The fourth-order valence-electron chi connectivity index (χ4n) is 17.3. The Morgan fingerprint density at radius 2 is 1.02 bits per heavy atom. The van der Waals surface area contributed by atoms with Crippen molar-refractivity contribution in [3.8, 4) is 22.6 Å². The first-order chi connectivity index (χ1) is 68.3. The number of aryl methyl sites for hydroxylation is 1. The van der Waals surface area contributed by atoms with Crippen molar-refractivity contribution < 1.29 is 86.9 Å². The standard InChI is InChI=1S/C112H151N13O18S2/c1-69(2)57-84(113)106(138)125-56-30-39-92(125)104(136)122-90-67-144-145-68-91(123-105(137)96(71(4)139-107(5,6)7)124-93(126)66-115-97(129)85(59-73-44-52-82(53-45-73)140-108(8,9)10)117-99(131)86(61-74-46-54-83(55-47-74)141-109(11,12)13)118-101(133)89(121-102(90)134)63-95(128)143-111(17,18)19)103(135)119-87(60-72-42-48-78(49-43-72)77-33-23-20-24-34-77)100(132)120-88(62-94(127)142-110(14,15)16)98(130)114-64-75-31-29-32-76(58-75)65-116-112(79-35-25-21-26-36-79,80-37-27-22-28-38-80)81-50-40-70(3)41-51-81/h20-29,31-38,40-55,58,69,71,84-93,96,98,106,114,116,124,126,130,138H,30,39,56-57,59-68,113H2,1-19H3,(H,115,129)(H,117,131)(H,118,133)(H,119,135)(H,120,132)(H,121,134)(H,122,136)(H,123,137)/t71?,84-,85-,86-,87-,88-,89-,90-,91-,92-,93+,96-,98+,106+/m0/s1. The highest BCUT2D eigenvalue weighted by molar-refractivity contribution is 8.76. The van der Waals surface area contributed by atoms with E-state index in [0.29, 0.717) is 47.6 Å². The zero-order chi connectivity index (χ0) is 106. The summed E-state index contributed by atoms with van der Waals surface area (Å²) in [6.45, 7) is 33.8. The van der Waals surface area contributed by atoms with Crippen LogP contribution in [0.15, 0.2) is 212 Å². The molecule has 0 saturated carbocycles. The molecular formula is C112H151N13O18S2. The molecule has 1 unspecified atom stereocenters. The Labute approximate surface area is 862 Å². The van der Waals surface area contributed by atoms with Gasteiger partial charge < -0.3 is 87.3 Å². The van der Waals surface area contributed by atoms with Crippen LogP contribution in [-0.4, -0.2) is 217 Å². The smallest absolute Gasteiger partial charge is 0.308 e. The lowest BCUT2D eigenvalue weighted by atomic mass is 9.76. The first kappa shape index (κ1) is 115. The number of esters is 2. The Balaban J connectivity index is 1.04. The molecule has 0 spiro atoms. The number of rotatable bonds is 35. The molecule has 31 nitrogen and oxygen atoms in total. The van der Waals surface area contributed by atoms with Crippen molar-refractivity contribution in [1.82, 2.24) is 63.4 Å². The van der Waals surface area contributed by atoms with Crippen molar-refractivity contribution in [2.24, 2.45) is 11.7 Å². The molecule has 2 saturated heterocycles. The molecule has 8 aromatic rings. The molecule has 0 aromatic heterocycles. The number of nitrogens with zero attached hydrogens (tertiary/aromatic N) is 1. The number of likely N-dealkylation sites (tertiary alicyclic amines) is 1. The van der Waals surface area contributed by atoms with E-state index in [2.05, 4.69) is 107 Å². The van der Waals surface area contributed by atoms with Gasteiger partial charge in [0, 0.05) is 56.4 Å². The summed E-state index contributed by atoms with van der Waals surface area (Å²) in [5.41, 5.74) is 10.4. The van der Waals surface area contributed by atoms with Gasteiger partial charge in [-0.3, -0.25) is 68.8 Å². The number of ether oxygens (including phenoxy) is 5. The van der Waals surface area contributed by atoms with E-state index in [1.54, 1.807) is 135 Å². The molecule has 0 aliphatic carbocycles. The molecular weight excluding hydrogens is 1880 g/mol. The van der Waals surface area contributed by atoms with E-state index in [1.807, 2.05) is 165 Å². The van der Waals surface area contributed by atoms with Gasteiger partial charge in [0.15, 0.2) is 0 Å². The van der Waals surface area contributed by atoms with Gasteiger partial charge in [-0.1, -0.05) is 229 Å². The van der Waals surface area contributed by atoms with Crippen LogP contribution in [0.1, 0.15) is 207 Å². The van der Waals surface area contributed by atoms with Gasteiger partial charge >= 0.3 is 11.9 Å². The Hall–Kier alpha value is -11.6. The van der Waals surface area contributed by atoms with Crippen LogP contribution in [0.3, 0.4) is 0 Å². The second-order valence-corrected chi connectivity index (χ2v) is 45.4. The maximum absolute atomic E-state index is 16.1. The van der Waals surface area contributed by atoms with Gasteiger partial charge in [0.2, 0.25) is 47.3 Å². The van der Waals surface area contributed by atoms with Crippen molar-refractivity contribution in [3.63, 3.8) is 0 Å². The minimum absolute atomic E-state index is 0.0133. The van der Waals surface area contributed by atoms with Crippen molar-refractivity contribution in [2.45, 2.75) is 315 Å². The molecule has 8 amide bonds. The quantitative estimate of drug-likeness (QED) is 0.00759. The molecule has 2 fully saturated rings. The molecule has 8 aromatic carbocycles. The third-order valence-corrected chi connectivity index (χ3v) is 26.3. The number of hydrogen-bond donors (Lipinski definition) is 15. The third kappa shape index (κ3) is 37.1. The topological polar surface area (TPSA) is 439 Å². The summed E-state index contributed by atoms with van der Waals surface area (Å²) in [5, 5.41) is 69.5. The predicted molar refractivity (Wildman–Crippen MR) is 565 cm³/mol. The summed E-state index contributed by atoms with van der Waals surface area (Å²) in [5.74, 6) is -8.96. The summed E-state index contributed by atoms with van der Waals surface area (Å²) in [6.07, 6.45) is -7.07. The first-order valence-electron chi connectivity index (χ1n) is 49.8. The predicted octanol–water partition coefficient (Wildman–Crippen LogP) is 11.2. The summed E-state index contributed by atoms with van der Waals surface area (Å²) in [7, 11) is 1.86. The number of β-amino-alcohol motifs (C(OH)–C–C–N with tert-alkyl or cyclic N) is 1. The van der Waals surface area contributed by atoms with Crippen LogP contribution in [0, 0.1) is 12.8 Å². The molecule has 2 aliphatic rings. The number of aliphatic hydroxyl groups excluding tert-OH is 3. The second kappa shape index (κ2) is 52.6. The van der Waals surface area contributed by atoms with E-state index in [9.17, 15) is 24.9 Å². The van der Waals surface area contributed by atoms with Crippen LogP contribution in [-0.2, 0) is 100 Å². The maximum atomic E-state index is 16.1. The average Bonchev–Trinajstić information content (AvgIpc) is 1.36. The number of hydrogen-bond acceptors (Lipinski definition) is 25. The van der Waals surface area contributed by atoms with Crippen molar-refractivity contribution >= 4 is 80.8 Å². The summed E-state index contributed by atoms with van der Waals surface area (Å²) in [4.78, 5) is 155. The van der Waals surface area contributed by atoms with Crippen molar-refractivity contribution in [1.29, 1.82) is 0 Å². The largest absolute Gasteiger partial charge is 0.488 e. The Kier molecular flexibility index (Phi) is 41.9. The molecule has 2 aliphatic heterocycles. The van der Waals surface area contributed by atoms with Crippen LogP contribution in [0.4, 0.5) is 0 Å². The maximum Gasteiger partial charge on any atom is 0.308 e. The van der Waals surface area contributed by atoms with Gasteiger partial charge in [-0.15, -0.1) is 0 Å². The Morgan fingerprint density at radius 1 is 0.517 bits per heavy atom. The monoisotopic (exact) mass is 2030 g/mol. The van der Waals surface area contributed by atoms with Crippen molar-refractivity contribution in [3.05, 3.63) is 262 Å². The average molecular weight is 2030 g/mol. The molecule has 145 heavy (non-hydrogen) atoms. The summed E-state index contributed by atoms with van der Waals surface area (Å²) in [6, 6.07) is 52.1. The number of aliphatic hydroxyl groups is 3. The van der Waals surface area contributed by atoms with Crippen molar-refractivity contribution in [2.75, 3.05) is 24.6 Å². The van der Waals surface area contributed by atoms with E-state index in [-0.39, 0.29) is 44.7 Å². The van der Waals surface area contributed by atoms with Gasteiger partial charge in [-0.2, -0.15) is 0 Å². The zero-order valence-electron chi connectivity index (χ0n) is 87.1. The van der Waals surface area contributed by atoms with Gasteiger partial charge in [-0.25, -0.2) is 0 Å². The SMILES string of the molecule is Cc1ccc(C(NCc2cccc(CN[C@H](O)[C@H](CC(=O)OC(C)(C)C)NC(=O)[C@H](Cc3ccc(-c4ccccc4)cc3)NC(=O)[C@@H]3CSSC[C@H](NC(=O)[C@@H]4CCCN4[C@H](O)[C@@H](N)CC(C)C)C(=O)N[C@@H](CC(=O)OC(C)(C)C)C(=O)N[C@@H](Cc4ccc(OC(C)(C)C)cc4)C(=O)N[C@@H](Cc4ccc(OC(C)(C)C)cc4)C(=O)NC[C@@H](O)N[C@@H](C(C)OC(C)(C)C)C(=O)N3)c2)(c2ccccc2)c2ccccc2)cc1. The third-order valence-electron chi connectivity index (χ3n) is 23.9. The molecule has 16 N–H and O–H groups in total. The molecule has 0 bridgehead atoms. The fraction of sp³-hybridized carbons (Fsp3) is 0.482. The summed E-state index contributed by atoms with van der Waals surface area (Å²) >= 11 is 0. The van der Waals surface area contributed by atoms with Crippen LogP contribution in [0.5, 0.6) is 11.5 Å². The lowest BCUT2D eigenvalue weighted by molar-refractivity contribution is -0.157.